The number of carbonyl (C=O) groups is 2. The number of benzene rings is 1. The SMILES string of the molecule is COc1cccc(CCC(=O)Nc2sc3c(c2C#N)CCC(OC(=O)NCC2CCOCC2)C3)c1. The van der Waals surface area contributed by atoms with Gasteiger partial charge >= 0.3 is 6.09 Å². The summed E-state index contributed by atoms with van der Waals surface area (Å²) >= 11 is 1.41. The molecule has 1 aromatic carbocycles. The van der Waals surface area contributed by atoms with E-state index in [9.17, 15) is 14.9 Å². The highest BCUT2D eigenvalue weighted by molar-refractivity contribution is 7.16. The predicted molar refractivity (Wildman–Crippen MR) is 133 cm³/mol. The second kappa shape index (κ2) is 12.0. The molecule has 1 saturated heterocycles. The summed E-state index contributed by atoms with van der Waals surface area (Å²) in [5.41, 5.74) is 2.51. The molecule has 1 unspecified atom stereocenters. The molecule has 1 atom stereocenters. The predicted octanol–water partition coefficient (Wildman–Crippen LogP) is 4.21. The number of anilines is 1. The number of thiophene rings is 1. The average Bonchev–Trinajstić information content (AvgIpc) is 3.23. The van der Waals surface area contributed by atoms with Crippen molar-refractivity contribution in [2.24, 2.45) is 5.92 Å². The summed E-state index contributed by atoms with van der Waals surface area (Å²) in [6, 6.07) is 9.90. The van der Waals surface area contributed by atoms with Crippen LogP contribution in [0.2, 0.25) is 0 Å². The van der Waals surface area contributed by atoms with E-state index in [1.54, 1.807) is 7.11 Å². The van der Waals surface area contributed by atoms with Gasteiger partial charge in [0.05, 0.1) is 12.7 Å². The van der Waals surface area contributed by atoms with Gasteiger partial charge < -0.3 is 24.8 Å². The number of alkyl carbamates (subject to hydrolysis) is 1. The highest BCUT2D eigenvalue weighted by atomic mass is 32.1. The van der Waals surface area contributed by atoms with Gasteiger partial charge in [0.15, 0.2) is 0 Å². The third-order valence-corrected chi connectivity index (χ3v) is 7.68. The fourth-order valence-corrected chi connectivity index (χ4v) is 5.79. The number of aryl methyl sites for hydroxylation is 1. The second-order valence-corrected chi connectivity index (χ2v) is 10.0. The lowest BCUT2D eigenvalue weighted by atomic mass is 9.94. The molecule has 0 spiro atoms. The molecule has 0 radical (unpaired) electrons. The van der Waals surface area contributed by atoms with Crippen molar-refractivity contribution in [2.45, 2.75) is 51.0 Å². The number of methoxy groups -OCH3 is 1. The molecule has 2 heterocycles. The maximum atomic E-state index is 12.6. The van der Waals surface area contributed by atoms with E-state index < -0.39 is 6.09 Å². The number of fused-ring (bicyclic) bond motifs is 1. The maximum absolute atomic E-state index is 12.6. The summed E-state index contributed by atoms with van der Waals surface area (Å²) in [5.74, 6) is 1.05. The normalized spacial score (nSPS) is 17.7. The minimum atomic E-state index is -0.395. The number of nitrogens with one attached hydrogen (secondary N) is 2. The molecule has 2 amide bonds. The van der Waals surface area contributed by atoms with Gasteiger partial charge in [0.1, 0.15) is 22.9 Å². The minimum Gasteiger partial charge on any atom is -0.497 e. The molecule has 1 aromatic heterocycles. The number of rotatable bonds is 8. The number of carbonyl (C=O) groups excluding carboxylic acids is 2. The Morgan fingerprint density at radius 2 is 2.09 bits per heavy atom. The third kappa shape index (κ3) is 6.74. The Morgan fingerprint density at radius 3 is 2.86 bits per heavy atom. The first kappa shape index (κ1) is 25.0. The zero-order chi connectivity index (χ0) is 24.6. The first-order valence-electron chi connectivity index (χ1n) is 12.1. The molecule has 0 bridgehead atoms. The van der Waals surface area contributed by atoms with E-state index in [0.717, 1.165) is 47.8 Å². The summed E-state index contributed by atoms with van der Waals surface area (Å²) in [4.78, 5) is 25.9. The lowest BCUT2D eigenvalue weighted by Gasteiger charge is -2.24. The van der Waals surface area contributed by atoms with E-state index in [4.69, 9.17) is 14.2 Å². The Balaban J connectivity index is 1.30. The van der Waals surface area contributed by atoms with Gasteiger partial charge in [-0.3, -0.25) is 4.79 Å². The van der Waals surface area contributed by atoms with E-state index in [0.29, 0.717) is 55.1 Å². The highest BCUT2D eigenvalue weighted by Gasteiger charge is 2.28. The second-order valence-electron chi connectivity index (χ2n) is 8.93. The molecule has 8 nitrogen and oxygen atoms in total. The van der Waals surface area contributed by atoms with Crippen molar-refractivity contribution >= 4 is 28.3 Å². The molecular weight excluding hydrogens is 466 g/mol. The Bertz CT molecular complexity index is 1090. The van der Waals surface area contributed by atoms with Crippen molar-refractivity contribution in [3.05, 3.63) is 45.8 Å². The van der Waals surface area contributed by atoms with Crippen LogP contribution in [0.15, 0.2) is 24.3 Å². The number of ether oxygens (including phenoxy) is 3. The highest BCUT2D eigenvalue weighted by Crippen LogP contribution is 2.38. The van der Waals surface area contributed by atoms with Crippen LogP contribution in [-0.4, -0.2) is 45.0 Å². The van der Waals surface area contributed by atoms with Crippen molar-refractivity contribution < 1.29 is 23.8 Å². The average molecular weight is 498 g/mol. The Labute approximate surface area is 209 Å². The van der Waals surface area contributed by atoms with Crippen LogP contribution in [-0.2, 0) is 33.5 Å². The lowest BCUT2D eigenvalue weighted by molar-refractivity contribution is -0.116. The molecule has 9 heteroatoms. The van der Waals surface area contributed by atoms with E-state index in [1.807, 2.05) is 24.3 Å². The fourth-order valence-electron chi connectivity index (χ4n) is 4.51. The molecule has 1 fully saturated rings. The third-order valence-electron chi connectivity index (χ3n) is 6.51. The monoisotopic (exact) mass is 497 g/mol. The summed E-state index contributed by atoms with van der Waals surface area (Å²) in [6.07, 6.45) is 4.01. The first-order valence-corrected chi connectivity index (χ1v) is 12.9. The van der Waals surface area contributed by atoms with Gasteiger partial charge in [-0.05, 0) is 61.3 Å². The Hall–Kier alpha value is -3.09. The standard InChI is InChI=1S/C26H31N3O5S/c1-32-19-4-2-3-17(13-19)5-8-24(30)29-25-22(15-27)21-7-6-20(14-23(21)35-25)34-26(31)28-16-18-9-11-33-12-10-18/h2-4,13,18,20H,5-12,14,16H2,1H3,(H,28,31)(H,29,30). The summed E-state index contributed by atoms with van der Waals surface area (Å²) in [7, 11) is 1.61. The minimum absolute atomic E-state index is 0.136. The quantitative estimate of drug-likeness (QED) is 0.565. The zero-order valence-electron chi connectivity index (χ0n) is 19.9. The first-order chi connectivity index (χ1) is 17.1. The van der Waals surface area contributed by atoms with Crippen molar-refractivity contribution in [3.8, 4) is 11.8 Å². The largest absolute Gasteiger partial charge is 0.497 e. The molecule has 35 heavy (non-hydrogen) atoms. The smallest absolute Gasteiger partial charge is 0.407 e. The van der Waals surface area contributed by atoms with Crippen LogP contribution in [0.25, 0.3) is 0 Å². The van der Waals surface area contributed by atoms with E-state index in [1.165, 1.54) is 11.3 Å². The van der Waals surface area contributed by atoms with Crippen LogP contribution < -0.4 is 15.4 Å². The molecule has 186 valence electrons. The summed E-state index contributed by atoms with van der Waals surface area (Å²) in [5, 5.41) is 16.1. The van der Waals surface area contributed by atoms with Crippen LogP contribution in [0, 0.1) is 17.2 Å². The molecule has 1 aliphatic carbocycles. The van der Waals surface area contributed by atoms with E-state index in [-0.39, 0.29) is 12.0 Å². The number of amides is 2. The van der Waals surface area contributed by atoms with Crippen molar-refractivity contribution in [2.75, 3.05) is 32.2 Å². The fraction of sp³-hybridized carbons (Fsp3) is 0.500. The van der Waals surface area contributed by atoms with Gasteiger partial charge in [-0.15, -0.1) is 11.3 Å². The van der Waals surface area contributed by atoms with Gasteiger partial charge in [0, 0.05) is 37.5 Å². The number of hydrogen-bond donors (Lipinski definition) is 2. The Kier molecular flexibility index (Phi) is 8.61. The number of nitrogens with zero attached hydrogens (tertiary/aromatic N) is 1. The summed E-state index contributed by atoms with van der Waals surface area (Å²) < 4.78 is 16.2. The van der Waals surface area contributed by atoms with E-state index in [2.05, 4.69) is 16.7 Å². The topological polar surface area (TPSA) is 110 Å². The molecular formula is C26H31N3O5S. The van der Waals surface area contributed by atoms with Gasteiger partial charge in [-0.1, -0.05) is 12.1 Å². The molecule has 2 N–H and O–H groups in total. The lowest BCUT2D eigenvalue weighted by Crippen LogP contribution is -2.36. The van der Waals surface area contributed by atoms with Crippen LogP contribution in [0.4, 0.5) is 9.80 Å². The van der Waals surface area contributed by atoms with Crippen molar-refractivity contribution in [1.82, 2.24) is 5.32 Å². The summed E-state index contributed by atoms with van der Waals surface area (Å²) in [6.45, 7) is 2.09. The van der Waals surface area contributed by atoms with Crippen LogP contribution in [0.5, 0.6) is 5.75 Å². The molecule has 2 aliphatic rings. The van der Waals surface area contributed by atoms with Gasteiger partial charge in [-0.2, -0.15) is 5.26 Å². The van der Waals surface area contributed by atoms with Crippen molar-refractivity contribution in [1.29, 1.82) is 5.26 Å². The number of nitriles is 1. The van der Waals surface area contributed by atoms with Gasteiger partial charge in [0.2, 0.25) is 5.91 Å². The van der Waals surface area contributed by atoms with Gasteiger partial charge in [-0.25, -0.2) is 4.79 Å². The van der Waals surface area contributed by atoms with Gasteiger partial charge in [0.25, 0.3) is 0 Å². The van der Waals surface area contributed by atoms with Crippen LogP contribution >= 0.6 is 11.3 Å². The molecule has 2 aromatic rings. The Morgan fingerprint density at radius 1 is 1.26 bits per heavy atom. The van der Waals surface area contributed by atoms with Crippen molar-refractivity contribution in [3.63, 3.8) is 0 Å². The number of hydrogen-bond acceptors (Lipinski definition) is 7. The van der Waals surface area contributed by atoms with Crippen LogP contribution in [0.1, 0.15) is 47.3 Å². The molecule has 4 rings (SSSR count). The molecule has 1 aliphatic heterocycles. The van der Waals surface area contributed by atoms with E-state index >= 15 is 0 Å². The van der Waals surface area contributed by atoms with Crippen LogP contribution in [0.3, 0.4) is 0 Å². The maximum Gasteiger partial charge on any atom is 0.407 e. The molecule has 0 saturated carbocycles. The zero-order valence-corrected chi connectivity index (χ0v) is 20.7.